The average molecular weight is 267 g/mol. The minimum Gasteiger partial charge on any atom is -0.460 e. The molecule has 19 heavy (non-hydrogen) atoms. The zero-order valence-corrected chi connectivity index (χ0v) is 10.6. The van der Waals surface area contributed by atoms with Crippen molar-refractivity contribution in [1.82, 2.24) is 0 Å². The van der Waals surface area contributed by atoms with E-state index in [1.807, 2.05) is 0 Å². The maximum Gasteiger partial charge on any atom is 0.336 e. The summed E-state index contributed by atoms with van der Waals surface area (Å²) in [6.45, 7) is 6.64. The Morgan fingerprint density at radius 2 is 1.89 bits per heavy atom. The third-order valence-corrected chi connectivity index (χ3v) is 2.31. The summed E-state index contributed by atoms with van der Waals surface area (Å²) in [5.74, 6) is -0.819. The molecule has 5 nitrogen and oxygen atoms in total. The van der Waals surface area contributed by atoms with Gasteiger partial charge in [-0.15, -0.1) is 0 Å². The summed E-state index contributed by atoms with van der Waals surface area (Å²) in [7, 11) is 0. The molecule has 0 spiro atoms. The highest BCUT2D eigenvalue weighted by molar-refractivity contribution is 5.89. The first kappa shape index (κ1) is 14.8. The van der Waals surface area contributed by atoms with Gasteiger partial charge in [0.1, 0.15) is 0 Å². The van der Waals surface area contributed by atoms with Crippen LogP contribution in [0.15, 0.2) is 36.4 Å². The highest BCUT2D eigenvalue weighted by Crippen LogP contribution is 2.27. The average Bonchev–Trinajstić information content (AvgIpc) is 2.36. The van der Waals surface area contributed by atoms with Gasteiger partial charge in [0.15, 0.2) is 6.17 Å². The fourth-order valence-corrected chi connectivity index (χ4v) is 1.36. The molecule has 0 radical (unpaired) electrons. The Morgan fingerprint density at radius 3 is 2.32 bits per heavy atom. The minimum absolute atomic E-state index is 0.122. The normalized spacial score (nSPS) is 12.0. The zero-order valence-electron chi connectivity index (χ0n) is 10.6. The number of esters is 1. The Hall–Kier alpha value is -2.24. The van der Waals surface area contributed by atoms with Gasteiger partial charge in [0.2, 0.25) is 0 Å². The van der Waals surface area contributed by atoms with Gasteiger partial charge in [-0.3, -0.25) is 10.1 Å². The lowest BCUT2D eigenvalue weighted by atomic mass is 10.0. The number of carbonyl (C=O) groups is 1. The molecular formula is C13H14FNO4. The number of nitro benzene ring substituents is 1. The first-order chi connectivity index (χ1) is 8.82. The second kappa shape index (κ2) is 6.08. The molecule has 0 aromatic heterocycles. The predicted molar refractivity (Wildman–Crippen MR) is 67.3 cm³/mol. The van der Waals surface area contributed by atoms with Gasteiger partial charge in [0.25, 0.3) is 5.69 Å². The maximum atomic E-state index is 14.0. The number of hydrogen-bond donors (Lipinski definition) is 0. The summed E-state index contributed by atoms with van der Waals surface area (Å²) >= 11 is 0. The van der Waals surface area contributed by atoms with E-state index in [0.29, 0.717) is 0 Å². The predicted octanol–water partition coefficient (Wildman–Crippen LogP) is 3.11. The van der Waals surface area contributed by atoms with Crippen molar-refractivity contribution in [2.45, 2.75) is 26.1 Å². The van der Waals surface area contributed by atoms with E-state index in [4.69, 9.17) is 4.74 Å². The first-order valence-electron chi connectivity index (χ1n) is 5.61. The van der Waals surface area contributed by atoms with Crippen molar-refractivity contribution in [2.24, 2.45) is 0 Å². The van der Waals surface area contributed by atoms with Crippen LogP contribution in [0.1, 0.15) is 25.6 Å². The molecule has 1 aromatic carbocycles. The van der Waals surface area contributed by atoms with E-state index in [1.54, 1.807) is 13.8 Å². The first-order valence-corrected chi connectivity index (χ1v) is 5.61. The minimum atomic E-state index is -1.74. The molecule has 1 aromatic rings. The summed E-state index contributed by atoms with van der Waals surface area (Å²) < 4.78 is 18.8. The Kier molecular flexibility index (Phi) is 4.74. The number of alkyl halides is 1. The van der Waals surface area contributed by atoms with Crippen LogP contribution in [-0.4, -0.2) is 17.0 Å². The van der Waals surface area contributed by atoms with E-state index in [1.165, 1.54) is 24.3 Å². The van der Waals surface area contributed by atoms with Crippen LogP contribution in [0.4, 0.5) is 10.1 Å². The van der Waals surface area contributed by atoms with E-state index in [0.717, 1.165) is 0 Å². The molecule has 0 saturated heterocycles. The largest absolute Gasteiger partial charge is 0.460 e. The third-order valence-electron chi connectivity index (χ3n) is 2.31. The molecule has 0 aliphatic rings. The molecule has 6 heteroatoms. The summed E-state index contributed by atoms with van der Waals surface area (Å²) in [4.78, 5) is 21.4. The fourth-order valence-electron chi connectivity index (χ4n) is 1.36. The van der Waals surface area contributed by atoms with E-state index in [9.17, 15) is 19.3 Å². The third kappa shape index (κ3) is 3.87. The van der Waals surface area contributed by atoms with Gasteiger partial charge in [0, 0.05) is 12.1 Å². The standard InChI is InChI=1S/C13H14FNO4/c1-8(2)19-13(16)9(3)12(14)10-4-6-11(7-5-10)15(17)18/h4-8,12H,3H2,1-2H3. The second-order valence-corrected chi connectivity index (χ2v) is 4.19. The summed E-state index contributed by atoms with van der Waals surface area (Å²) in [5.41, 5.74) is -0.356. The zero-order chi connectivity index (χ0) is 14.6. The van der Waals surface area contributed by atoms with Crippen molar-refractivity contribution < 1.29 is 18.8 Å². The number of nitrogens with zero attached hydrogens (tertiary/aromatic N) is 1. The maximum absolute atomic E-state index is 14.0. The summed E-state index contributed by atoms with van der Waals surface area (Å²) in [5, 5.41) is 10.5. The molecule has 0 bridgehead atoms. The van der Waals surface area contributed by atoms with Crippen molar-refractivity contribution >= 4 is 11.7 Å². The van der Waals surface area contributed by atoms with Crippen LogP contribution < -0.4 is 0 Å². The monoisotopic (exact) mass is 267 g/mol. The van der Waals surface area contributed by atoms with Crippen LogP contribution in [0.5, 0.6) is 0 Å². The van der Waals surface area contributed by atoms with E-state index < -0.39 is 17.1 Å². The Balaban J connectivity index is 2.82. The molecule has 0 amide bonds. The smallest absolute Gasteiger partial charge is 0.336 e. The summed E-state index contributed by atoms with van der Waals surface area (Å²) in [6, 6.07) is 4.83. The molecule has 1 rings (SSSR count). The van der Waals surface area contributed by atoms with Gasteiger partial charge in [-0.05, 0) is 31.5 Å². The molecule has 0 heterocycles. The number of halogens is 1. The number of nitro groups is 1. The quantitative estimate of drug-likeness (QED) is 0.356. The van der Waals surface area contributed by atoms with Crippen LogP contribution in [0, 0.1) is 10.1 Å². The highest BCUT2D eigenvalue weighted by atomic mass is 19.1. The lowest BCUT2D eigenvalue weighted by Crippen LogP contribution is -2.16. The van der Waals surface area contributed by atoms with E-state index >= 15 is 0 Å². The lowest BCUT2D eigenvalue weighted by molar-refractivity contribution is -0.384. The Bertz CT molecular complexity index is 496. The Labute approximate surface area is 109 Å². The molecule has 0 N–H and O–H groups in total. The number of rotatable bonds is 5. The van der Waals surface area contributed by atoms with Gasteiger partial charge < -0.3 is 4.74 Å². The van der Waals surface area contributed by atoms with Crippen LogP contribution in [0.2, 0.25) is 0 Å². The molecule has 1 atom stereocenters. The van der Waals surface area contributed by atoms with E-state index in [-0.39, 0.29) is 22.9 Å². The molecule has 1 unspecified atom stereocenters. The van der Waals surface area contributed by atoms with Crippen molar-refractivity contribution in [1.29, 1.82) is 0 Å². The van der Waals surface area contributed by atoms with Crippen molar-refractivity contribution in [2.75, 3.05) is 0 Å². The number of non-ortho nitro benzene ring substituents is 1. The van der Waals surface area contributed by atoms with Crippen LogP contribution in [-0.2, 0) is 9.53 Å². The molecule has 0 aliphatic heterocycles. The molecule has 0 saturated carbocycles. The number of hydrogen-bond acceptors (Lipinski definition) is 4. The molecule has 0 aliphatic carbocycles. The van der Waals surface area contributed by atoms with Gasteiger partial charge in [-0.2, -0.15) is 0 Å². The van der Waals surface area contributed by atoms with Gasteiger partial charge in [-0.25, -0.2) is 9.18 Å². The van der Waals surface area contributed by atoms with Crippen LogP contribution >= 0.6 is 0 Å². The lowest BCUT2D eigenvalue weighted by Gasteiger charge is -2.13. The van der Waals surface area contributed by atoms with Gasteiger partial charge in [-0.1, -0.05) is 6.58 Å². The van der Waals surface area contributed by atoms with Crippen molar-refractivity contribution in [3.05, 3.63) is 52.1 Å². The SMILES string of the molecule is C=C(C(=O)OC(C)C)C(F)c1ccc([N+](=O)[O-])cc1. The topological polar surface area (TPSA) is 69.4 Å². The van der Waals surface area contributed by atoms with Gasteiger partial charge >= 0.3 is 5.97 Å². The fraction of sp³-hybridized carbons (Fsp3) is 0.308. The summed E-state index contributed by atoms with van der Waals surface area (Å²) in [6.07, 6.45) is -2.11. The van der Waals surface area contributed by atoms with Crippen LogP contribution in [0.3, 0.4) is 0 Å². The van der Waals surface area contributed by atoms with Gasteiger partial charge in [0.05, 0.1) is 16.6 Å². The number of benzene rings is 1. The highest BCUT2D eigenvalue weighted by Gasteiger charge is 2.22. The van der Waals surface area contributed by atoms with Crippen LogP contribution in [0.25, 0.3) is 0 Å². The second-order valence-electron chi connectivity index (χ2n) is 4.19. The Morgan fingerprint density at radius 1 is 1.37 bits per heavy atom. The molecule has 0 fully saturated rings. The number of carbonyl (C=O) groups excluding carboxylic acids is 1. The molecular weight excluding hydrogens is 253 g/mol. The molecule has 102 valence electrons. The van der Waals surface area contributed by atoms with E-state index in [2.05, 4.69) is 6.58 Å². The number of ether oxygens (including phenoxy) is 1. The van der Waals surface area contributed by atoms with Crippen molar-refractivity contribution in [3.8, 4) is 0 Å². The van der Waals surface area contributed by atoms with Crippen molar-refractivity contribution in [3.63, 3.8) is 0 Å².